The zero-order chi connectivity index (χ0) is 15.7. The molecule has 22 heavy (non-hydrogen) atoms. The molecule has 0 saturated carbocycles. The molecule has 1 aliphatic rings. The van der Waals surface area contributed by atoms with Gasteiger partial charge in [0, 0.05) is 19.3 Å². The minimum atomic E-state index is -0.449. The topological polar surface area (TPSA) is 42.4 Å². The highest BCUT2D eigenvalue weighted by atomic mass is 32.1. The Hall–Kier alpha value is -1.62. The van der Waals surface area contributed by atoms with E-state index in [0.717, 1.165) is 31.4 Å². The number of thiophene rings is 1. The maximum Gasteiger partial charge on any atom is 0.311 e. The van der Waals surface area contributed by atoms with Crippen LogP contribution in [0.3, 0.4) is 0 Å². The van der Waals surface area contributed by atoms with Crippen LogP contribution >= 0.6 is 11.3 Å². The van der Waals surface area contributed by atoms with Crippen LogP contribution in [0.2, 0.25) is 0 Å². The van der Waals surface area contributed by atoms with Gasteiger partial charge in [0.2, 0.25) is 0 Å². The van der Waals surface area contributed by atoms with E-state index < -0.39 is 5.41 Å². The van der Waals surface area contributed by atoms with Crippen LogP contribution in [0.4, 0.5) is 5.69 Å². The lowest BCUT2D eigenvalue weighted by Crippen LogP contribution is -2.45. The number of hydrogen-bond donors (Lipinski definition) is 0. The molecule has 0 N–H and O–H groups in total. The summed E-state index contributed by atoms with van der Waals surface area (Å²) in [7, 11) is 1.47. The molecule has 1 unspecified atom stereocenters. The summed E-state index contributed by atoms with van der Waals surface area (Å²) in [5.74, 6) is 0.187. The predicted molar refractivity (Wildman–Crippen MR) is 90.4 cm³/mol. The fourth-order valence-electron chi connectivity index (χ4n) is 3.32. The maximum atomic E-state index is 12.1. The van der Waals surface area contributed by atoms with E-state index in [4.69, 9.17) is 4.74 Å². The monoisotopic (exact) mass is 318 g/mol. The number of pyridine rings is 1. The van der Waals surface area contributed by atoms with Gasteiger partial charge in [-0.2, -0.15) is 0 Å². The molecule has 118 valence electrons. The van der Waals surface area contributed by atoms with E-state index in [1.165, 1.54) is 17.5 Å². The highest BCUT2D eigenvalue weighted by Gasteiger charge is 2.40. The molecule has 4 nitrogen and oxygen atoms in total. The second-order valence-electron chi connectivity index (χ2n) is 6.46. The standard InChI is InChI=1S/C17H22N2O2S/c1-17(2,16(20)21-3)12-5-4-9-19(11-12)14-6-8-18-13-7-10-22-15(13)14/h6-8,10,12H,4-5,9,11H2,1-3H3. The lowest BCUT2D eigenvalue weighted by Gasteiger charge is -2.41. The number of aromatic nitrogens is 1. The van der Waals surface area contributed by atoms with E-state index in [-0.39, 0.29) is 5.97 Å². The van der Waals surface area contributed by atoms with Crippen molar-refractivity contribution < 1.29 is 9.53 Å². The van der Waals surface area contributed by atoms with Crippen LogP contribution in [0.15, 0.2) is 23.7 Å². The molecule has 2 aromatic rings. The van der Waals surface area contributed by atoms with Crippen LogP contribution in [-0.2, 0) is 9.53 Å². The number of hydrogen-bond acceptors (Lipinski definition) is 5. The van der Waals surface area contributed by atoms with E-state index in [1.807, 2.05) is 20.0 Å². The van der Waals surface area contributed by atoms with Crippen LogP contribution in [0.1, 0.15) is 26.7 Å². The fourth-order valence-corrected chi connectivity index (χ4v) is 4.22. The highest BCUT2D eigenvalue weighted by molar-refractivity contribution is 7.17. The van der Waals surface area contributed by atoms with Gasteiger partial charge < -0.3 is 9.64 Å². The smallest absolute Gasteiger partial charge is 0.311 e. The number of carbonyl (C=O) groups excluding carboxylic acids is 1. The average Bonchev–Trinajstić information content (AvgIpc) is 3.02. The van der Waals surface area contributed by atoms with Gasteiger partial charge in [0.05, 0.1) is 28.4 Å². The van der Waals surface area contributed by atoms with E-state index in [1.54, 1.807) is 11.3 Å². The number of anilines is 1. The Kier molecular flexibility index (Phi) is 4.08. The lowest BCUT2D eigenvalue weighted by atomic mass is 9.74. The van der Waals surface area contributed by atoms with Gasteiger partial charge in [-0.3, -0.25) is 9.78 Å². The Bertz CT molecular complexity index is 680. The molecular weight excluding hydrogens is 296 g/mol. The molecule has 1 aliphatic heterocycles. The van der Waals surface area contributed by atoms with E-state index in [0.29, 0.717) is 5.92 Å². The van der Waals surface area contributed by atoms with Crippen LogP contribution in [0.5, 0.6) is 0 Å². The van der Waals surface area contributed by atoms with E-state index in [9.17, 15) is 4.79 Å². The number of piperidine rings is 1. The van der Waals surface area contributed by atoms with Gasteiger partial charge in [-0.15, -0.1) is 11.3 Å². The molecule has 3 heterocycles. The highest BCUT2D eigenvalue weighted by Crippen LogP contribution is 2.38. The van der Waals surface area contributed by atoms with Gasteiger partial charge in [-0.05, 0) is 50.1 Å². The Labute approximate surface area is 135 Å². The second kappa shape index (κ2) is 5.88. The number of methoxy groups -OCH3 is 1. The molecule has 0 bridgehead atoms. The molecule has 2 aromatic heterocycles. The van der Waals surface area contributed by atoms with Gasteiger partial charge in [0.15, 0.2) is 0 Å². The number of esters is 1. The molecule has 1 fully saturated rings. The molecule has 0 aromatic carbocycles. The first-order valence-electron chi connectivity index (χ1n) is 7.69. The predicted octanol–water partition coefficient (Wildman–Crippen LogP) is 3.71. The zero-order valence-corrected chi connectivity index (χ0v) is 14.2. The number of fused-ring (bicyclic) bond motifs is 1. The van der Waals surface area contributed by atoms with Gasteiger partial charge in [-0.1, -0.05) is 0 Å². The Morgan fingerprint density at radius 1 is 1.45 bits per heavy atom. The molecule has 0 aliphatic carbocycles. The Morgan fingerprint density at radius 2 is 2.27 bits per heavy atom. The van der Waals surface area contributed by atoms with Crippen molar-refractivity contribution in [2.45, 2.75) is 26.7 Å². The normalized spacial score (nSPS) is 19.4. The van der Waals surface area contributed by atoms with Crippen molar-refractivity contribution in [3.8, 4) is 0 Å². The quantitative estimate of drug-likeness (QED) is 0.809. The molecule has 0 amide bonds. The fraction of sp³-hybridized carbons (Fsp3) is 0.529. The summed E-state index contributed by atoms with van der Waals surface area (Å²) < 4.78 is 6.24. The van der Waals surface area contributed by atoms with Crippen molar-refractivity contribution in [1.82, 2.24) is 4.98 Å². The third-order valence-corrected chi connectivity index (χ3v) is 5.74. The summed E-state index contributed by atoms with van der Waals surface area (Å²) in [4.78, 5) is 18.9. The molecule has 5 heteroatoms. The number of ether oxygens (including phenoxy) is 1. The molecular formula is C17H22N2O2S. The molecule has 0 spiro atoms. The molecule has 0 radical (unpaired) electrons. The molecule has 1 saturated heterocycles. The van der Waals surface area contributed by atoms with Crippen molar-refractivity contribution >= 4 is 33.2 Å². The minimum absolute atomic E-state index is 0.115. The second-order valence-corrected chi connectivity index (χ2v) is 7.38. The van der Waals surface area contributed by atoms with Gasteiger partial charge in [0.1, 0.15) is 0 Å². The van der Waals surface area contributed by atoms with Gasteiger partial charge >= 0.3 is 5.97 Å². The average molecular weight is 318 g/mol. The number of carbonyl (C=O) groups is 1. The zero-order valence-electron chi connectivity index (χ0n) is 13.3. The largest absolute Gasteiger partial charge is 0.469 e. The van der Waals surface area contributed by atoms with E-state index >= 15 is 0 Å². The SMILES string of the molecule is COC(=O)C(C)(C)C1CCCN(c2ccnc3ccsc23)C1. The summed E-state index contributed by atoms with van der Waals surface area (Å²) >= 11 is 1.73. The van der Waals surface area contributed by atoms with Gasteiger partial charge in [-0.25, -0.2) is 0 Å². The third-order valence-electron chi connectivity index (χ3n) is 4.82. The molecule has 1 atom stereocenters. The Balaban J connectivity index is 1.87. The van der Waals surface area contributed by atoms with Crippen molar-refractivity contribution in [2.24, 2.45) is 11.3 Å². The van der Waals surface area contributed by atoms with Crippen molar-refractivity contribution in [3.63, 3.8) is 0 Å². The Morgan fingerprint density at radius 3 is 3.05 bits per heavy atom. The van der Waals surface area contributed by atoms with Crippen molar-refractivity contribution in [1.29, 1.82) is 0 Å². The third kappa shape index (κ3) is 2.58. The van der Waals surface area contributed by atoms with Crippen LogP contribution < -0.4 is 4.90 Å². The number of rotatable bonds is 3. The van der Waals surface area contributed by atoms with Crippen molar-refractivity contribution in [3.05, 3.63) is 23.7 Å². The van der Waals surface area contributed by atoms with E-state index in [2.05, 4.69) is 27.4 Å². The first-order chi connectivity index (χ1) is 10.5. The molecule has 3 rings (SSSR count). The number of nitrogens with zero attached hydrogens (tertiary/aromatic N) is 2. The van der Waals surface area contributed by atoms with Crippen molar-refractivity contribution in [2.75, 3.05) is 25.1 Å². The summed E-state index contributed by atoms with van der Waals surface area (Å²) in [6, 6.07) is 4.15. The first-order valence-corrected chi connectivity index (χ1v) is 8.57. The minimum Gasteiger partial charge on any atom is -0.469 e. The maximum absolute atomic E-state index is 12.1. The summed E-state index contributed by atoms with van der Waals surface area (Å²) in [5, 5.41) is 2.08. The first kappa shape index (κ1) is 15.3. The van der Waals surface area contributed by atoms with Crippen LogP contribution in [0, 0.1) is 11.3 Å². The lowest BCUT2D eigenvalue weighted by molar-refractivity contribution is -0.154. The summed E-state index contributed by atoms with van der Waals surface area (Å²) in [6.07, 6.45) is 4.04. The van der Waals surface area contributed by atoms with Crippen LogP contribution in [0.25, 0.3) is 10.2 Å². The summed E-state index contributed by atoms with van der Waals surface area (Å²) in [5.41, 5.74) is 1.84. The van der Waals surface area contributed by atoms with Crippen LogP contribution in [-0.4, -0.2) is 31.2 Å². The summed E-state index contributed by atoms with van der Waals surface area (Å²) in [6.45, 7) is 5.92. The van der Waals surface area contributed by atoms with Gasteiger partial charge in [0.25, 0.3) is 0 Å².